The van der Waals surface area contributed by atoms with Gasteiger partial charge in [0.2, 0.25) is 0 Å². The summed E-state index contributed by atoms with van der Waals surface area (Å²) in [6, 6.07) is 3.26. The molecule has 0 saturated carbocycles. The SMILES string of the molecule is N#CCc1cc(Br)c(C(F)F)nc1Cl. The third-order valence-electron chi connectivity index (χ3n) is 1.51. The number of nitriles is 1. The molecule has 1 rings (SSSR count). The first-order valence-electron chi connectivity index (χ1n) is 3.56. The molecule has 0 amide bonds. The Labute approximate surface area is 92.6 Å². The van der Waals surface area contributed by atoms with Gasteiger partial charge in [-0.05, 0) is 22.0 Å². The van der Waals surface area contributed by atoms with Crippen molar-refractivity contribution in [2.75, 3.05) is 0 Å². The van der Waals surface area contributed by atoms with Gasteiger partial charge in [0, 0.05) is 10.0 Å². The molecule has 1 aromatic heterocycles. The second-order valence-electron chi connectivity index (χ2n) is 2.44. The van der Waals surface area contributed by atoms with E-state index >= 15 is 0 Å². The van der Waals surface area contributed by atoms with E-state index in [0.717, 1.165) is 0 Å². The Kier molecular flexibility index (Phi) is 3.78. The lowest BCUT2D eigenvalue weighted by Gasteiger charge is -2.05. The summed E-state index contributed by atoms with van der Waals surface area (Å²) in [5.74, 6) is 0. The maximum atomic E-state index is 12.3. The second kappa shape index (κ2) is 4.67. The number of alkyl halides is 2. The summed E-state index contributed by atoms with van der Waals surface area (Å²) in [7, 11) is 0. The maximum Gasteiger partial charge on any atom is 0.281 e. The molecule has 14 heavy (non-hydrogen) atoms. The van der Waals surface area contributed by atoms with Gasteiger partial charge in [-0.15, -0.1) is 0 Å². The van der Waals surface area contributed by atoms with Crippen molar-refractivity contribution in [1.29, 1.82) is 5.26 Å². The molecule has 0 aromatic carbocycles. The van der Waals surface area contributed by atoms with Crippen molar-refractivity contribution in [3.63, 3.8) is 0 Å². The first kappa shape index (κ1) is 11.3. The van der Waals surface area contributed by atoms with Gasteiger partial charge < -0.3 is 0 Å². The molecule has 0 radical (unpaired) electrons. The molecule has 0 aliphatic carbocycles. The summed E-state index contributed by atoms with van der Waals surface area (Å²) in [6.07, 6.45) is -2.63. The largest absolute Gasteiger partial charge is 0.281 e. The molecule has 0 aliphatic heterocycles. The van der Waals surface area contributed by atoms with E-state index in [0.29, 0.717) is 5.56 Å². The molecule has 0 atom stereocenters. The number of hydrogen-bond acceptors (Lipinski definition) is 2. The molecular formula is C8H4BrClF2N2. The Morgan fingerprint density at radius 2 is 2.29 bits per heavy atom. The van der Waals surface area contributed by atoms with Crippen molar-refractivity contribution in [1.82, 2.24) is 4.98 Å². The van der Waals surface area contributed by atoms with Crippen LogP contribution < -0.4 is 0 Å². The zero-order valence-corrected chi connectivity index (χ0v) is 9.11. The fourth-order valence-corrected chi connectivity index (χ4v) is 1.63. The Bertz CT molecular complexity index is 390. The van der Waals surface area contributed by atoms with Gasteiger partial charge in [0.05, 0.1) is 12.5 Å². The van der Waals surface area contributed by atoms with Crippen LogP contribution in [0.15, 0.2) is 10.5 Å². The number of pyridine rings is 1. The molecule has 0 bridgehead atoms. The van der Waals surface area contributed by atoms with Gasteiger partial charge in [-0.1, -0.05) is 11.6 Å². The smallest absolute Gasteiger partial charge is 0.234 e. The Morgan fingerprint density at radius 3 is 2.79 bits per heavy atom. The molecule has 0 spiro atoms. The Morgan fingerprint density at radius 1 is 1.64 bits per heavy atom. The predicted octanol–water partition coefficient (Wildman–Crippen LogP) is 3.50. The van der Waals surface area contributed by atoms with Gasteiger partial charge in [-0.3, -0.25) is 0 Å². The zero-order chi connectivity index (χ0) is 10.7. The third kappa shape index (κ3) is 2.40. The van der Waals surface area contributed by atoms with Gasteiger partial charge in [0.1, 0.15) is 10.8 Å². The Hall–Kier alpha value is -0.730. The third-order valence-corrected chi connectivity index (χ3v) is 2.47. The highest BCUT2D eigenvalue weighted by Gasteiger charge is 2.16. The quantitative estimate of drug-likeness (QED) is 0.778. The summed E-state index contributed by atoms with van der Waals surface area (Å²) >= 11 is 8.55. The minimum atomic E-state index is -2.68. The van der Waals surface area contributed by atoms with E-state index in [1.54, 1.807) is 0 Å². The summed E-state index contributed by atoms with van der Waals surface area (Å²) in [5, 5.41) is 8.36. The van der Waals surface area contributed by atoms with Crippen molar-refractivity contribution >= 4 is 27.5 Å². The number of nitrogens with zero attached hydrogens (tertiary/aromatic N) is 2. The fraction of sp³-hybridized carbons (Fsp3) is 0.250. The van der Waals surface area contributed by atoms with Crippen LogP contribution in [0.4, 0.5) is 8.78 Å². The topological polar surface area (TPSA) is 36.7 Å². The van der Waals surface area contributed by atoms with Crippen molar-refractivity contribution in [3.05, 3.63) is 26.9 Å². The van der Waals surface area contributed by atoms with E-state index in [-0.39, 0.29) is 16.0 Å². The van der Waals surface area contributed by atoms with Crippen LogP contribution in [0.25, 0.3) is 0 Å². The first-order valence-corrected chi connectivity index (χ1v) is 4.73. The van der Waals surface area contributed by atoms with Gasteiger partial charge in [0.15, 0.2) is 0 Å². The summed E-state index contributed by atoms with van der Waals surface area (Å²) in [4.78, 5) is 3.51. The molecule has 0 N–H and O–H groups in total. The lowest BCUT2D eigenvalue weighted by atomic mass is 10.2. The molecule has 0 aliphatic rings. The van der Waals surface area contributed by atoms with E-state index in [1.807, 2.05) is 6.07 Å². The van der Waals surface area contributed by atoms with Crippen LogP contribution in [0.1, 0.15) is 17.7 Å². The number of aromatic nitrogens is 1. The van der Waals surface area contributed by atoms with E-state index in [1.165, 1.54) is 6.07 Å². The van der Waals surface area contributed by atoms with Crippen molar-refractivity contribution in [2.24, 2.45) is 0 Å². The van der Waals surface area contributed by atoms with Gasteiger partial charge in [0.25, 0.3) is 6.43 Å². The number of hydrogen-bond donors (Lipinski definition) is 0. The van der Waals surface area contributed by atoms with Crippen LogP contribution in [-0.2, 0) is 6.42 Å². The first-order chi connectivity index (χ1) is 6.56. The predicted molar refractivity (Wildman–Crippen MR) is 51.2 cm³/mol. The van der Waals surface area contributed by atoms with Gasteiger partial charge in [-0.2, -0.15) is 5.26 Å². The van der Waals surface area contributed by atoms with Crippen LogP contribution in [0, 0.1) is 11.3 Å². The molecule has 0 fully saturated rings. The molecular weight excluding hydrogens is 277 g/mol. The van der Waals surface area contributed by atoms with E-state index in [2.05, 4.69) is 20.9 Å². The van der Waals surface area contributed by atoms with E-state index < -0.39 is 12.1 Å². The lowest BCUT2D eigenvalue weighted by molar-refractivity contribution is 0.145. The molecule has 0 saturated heterocycles. The summed E-state index contributed by atoms with van der Waals surface area (Å²) < 4.78 is 24.8. The van der Waals surface area contributed by atoms with Crippen LogP contribution in [0.2, 0.25) is 5.15 Å². The minimum Gasteiger partial charge on any atom is -0.234 e. The standard InChI is InChI=1S/C8H4BrClF2N2/c9-5-3-4(1-2-13)7(10)14-6(5)8(11)12/h3,8H,1H2. The van der Waals surface area contributed by atoms with E-state index in [9.17, 15) is 8.78 Å². The average molecular weight is 281 g/mol. The molecule has 0 unspecified atom stereocenters. The van der Waals surface area contributed by atoms with Crippen molar-refractivity contribution in [2.45, 2.75) is 12.8 Å². The normalized spacial score (nSPS) is 10.3. The monoisotopic (exact) mass is 280 g/mol. The lowest BCUT2D eigenvalue weighted by Crippen LogP contribution is -1.96. The van der Waals surface area contributed by atoms with E-state index in [4.69, 9.17) is 16.9 Å². The minimum absolute atomic E-state index is 0.0496. The fourth-order valence-electron chi connectivity index (χ4n) is 0.880. The maximum absolute atomic E-state index is 12.3. The highest BCUT2D eigenvalue weighted by molar-refractivity contribution is 9.10. The zero-order valence-electron chi connectivity index (χ0n) is 6.77. The van der Waals surface area contributed by atoms with Crippen LogP contribution in [-0.4, -0.2) is 4.98 Å². The van der Waals surface area contributed by atoms with Crippen LogP contribution in [0.5, 0.6) is 0 Å². The van der Waals surface area contributed by atoms with Gasteiger partial charge >= 0.3 is 0 Å². The molecule has 74 valence electrons. The molecule has 1 aromatic rings. The van der Waals surface area contributed by atoms with Crippen molar-refractivity contribution in [3.8, 4) is 6.07 Å². The average Bonchev–Trinajstić information content (AvgIpc) is 2.10. The summed E-state index contributed by atoms with van der Waals surface area (Å²) in [5.41, 5.74) is 0.0298. The van der Waals surface area contributed by atoms with Gasteiger partial charge in [-0.25, -0.2) is 13.8 Å². The number of halogens is 4. The van der Waals surface area contributed by atoms with Crippen LogP contribution in [0.3, 0.4) is 0 Å². The highest BCUT2D eigenvalue weighted by Crippen LogP contribution is 2.29. The Balaban J connectivity index is 3.18. The molecule has 2 nitrogen and oxygen atoms in total. The molecule has 6 heteroatoms. The molecule has 1 heterocycles. The van der Waals surface area contributed by atoms with Crippen LogP contribution >= 0.6 is 27.5 Å². The number of rotatable bonds is 2. The van der Waals surface area contributed by atoms with Crippen molar-refractivity contribution < 1.29 is 8.78 Å². The summed E-state index contributed by atoms with van der Waals surface area (Å²) in [6.45, 7) is 0. The second-order valence-corrected chi connectivity index (χ2v) is 3.65. The highest BCUT2D eigenvalue weighted by atomic mass is 79.9.